The largest absolute Gasteiger partial charge is 0.506 e. The Morgan fingerprint density at radius 1 is 1.47 bits per heavy atom. The molecular formula is C9H8N4O2. The Bertz CT molecular complexity index is 467. The minimum Gasteiger partial charge on any atom is -0.506 e. The molecule has 15 heavy (non-hydrogen) atoms. The second-order valence-corrected chi connectivity index (χ2v) is 2.82. The molecule has 2 heterocycles. The van der Waals surface area contributed by atoms with Gasteiger partial charge < -0.3 is 10.1 Å². The van der Waals surface area contributed by atoms with E-state index in [2.05, 4.69) is 20.3 Å². The molecule has 0 aliphatic heterocycles. The Labute approximate surface area is 85.0 Å². The number of carbonyl (C=O) groups excluding carboxylic acids is 1. The number of H-pyrrole nitrogens is 1. The third kappa shape index (κ3) is 2.11. The van der Waals surface area contributed by atoms with Crippen LogP contribution in [0.5, 0.6) is 5.75 Å². The van der Waals surface area contributed by atoms with Gasteiger partial charge in [0.05, 0.1) is 11.8 Å². The summed E-state index contributed by atoms with van der Waals surface area (Å²) < 4.78 is 0. The van der Waals surface area contributed by atoms with Gasteiger partial charge in [0.15, 0.2) is 0 Å². The highest BCUT2D eigenvalue weighted by Crippen LogP contribution is 2.09. The van der Waals surface area contributed by atoms with Gasteiger partial charge in [-0.05, 0) is 6.07 Å². The van der Waals surface area contributed by atoms with Crippen molar-refractivity contribution in [3.63, 3.8) is 0 Å². The molecule has 2 aromatic heterocycles. The van der Waals surface area contributed by atoms with E-state index >= 15 is 0 Å². The molecule has 0 aliphatic rings. The fourth-order valence-corrected chi connectivity index (χ4v) is 1.07. The summed E-state index contributed by atoms with van der Waals surface area (Å²) >= 11 is 0. The molecule has 0 saturated carbocycles. The van der Waals surface area contributed by atoms with E-state index in [1.165, 1.54) is 24.7 Å². The molecule has 0 unspecified atom stereocenters. The number of amides is 1. The zero-order chi connectivity index (χ0) is 10.7. The minimum absolute atomic E-state index is 0.0536. The van der Waals surface area contributed by atoms with Crippen molar-refractivity contribution in [2.45, 2.75) is 0 Å². The Morgan fingerprint density at radius 3 is 3.00 bits per heavy atom. The lowest BCUT2D eigenvalue weighted by Crippen LogP contribution is -2.12. The first-order valence-corrected chi connectivity index (χ1v) is 4.20. The molecule has 0 bridgehead atoms. The van der Waals surface area contributed by atoms with Crippen LogP contribution in [-0.4, -0.2) is 26.0 Å². The topological polar surface area (TPSA) is 90.9 Å². The Hall–Kier alpha value is -2.37. The standard InChI is InChI=1S/C9H8N4O2/c14-7-3-6(4-10-5-7)8(15)13-9-11-1-2-12-9/h1-5,14H,(H2,11,12,13,15). The molecule has 1 amide bonds. The summed E-state index contributed by atoms with van der Waals surface area (Å²) in [5, 5.41) is 11.6. The van der Waals surface area contributed by atoms with Crippen LogP contribution in [0.1, 0.15) is 10.4 Å². The van der Waals surface area contributed by atoms with Crippen LogP contribution >= 0.6 is 0 Å². The summed E-state index contributed by atoms with van der Waals surface area (Å²) in [5.41, 5.74) is 0.270. The van der Waals surface area contributed by atoms with Gasteiger partial charge in [0.25, 0.3) is 5.91 Å². The van der Waals surface area contributed by atoms with Crippen molar-refractivity contribution in [3.05, 3.63) is 36.4 Å². The molecular weight excluding hydrogens is 196 g/mol. The molecule has 0 atom stereocenters. The average molecular weight is 204 g/mol. The molecule has 0 fully saturated rings. The lowest BCUT2D eigenvalue weighted by Gasteiger charge is -2.01. The first-order valence-electron chi connectivity index (χ1n) is 4.20. The number of anilines is 1. The Balaban J connectivity index is 2.15. The van der Waals surface area contributed by atoms with Crippen molar-refractivity contribution in [2.75, 3.05) is 5.32 Å². The monoisotopic (exact) mass is 204 g/mol. The molecule has 2 rings (SSSR count). The highest BCUT2D eigenvalue weighted by Gasteiger charge is 2.07. The maximum Gasteiger partial charge on any atom is 0.259 e. The van der Waals surface area contributed by atoms with Gasteiger partial charge in [-0.25, -0.2) is 4.98 Å². The normalized spacial score (nSPS) is 9.87. The van der Waals surface area contributed by atoms with Crippen molar-refractivity contribution in [3.8, 4) is 5.75 Å². The highest BCUT2D eigenvalue weighted by molar-refractivity contribution is 6.03. The van der Waals surface area contributed by atoms with Crippen LogP contribution in [0, 0.1) is 0 Å². The fraction of sp³-hybridized carbons (Fsp3) is 0. The van der Waals surface area contributed by atoms with Gasteiger partial charge in [-0.2, -0.15) is 0 Å². The number of imidazole rings is 1. The molecule has 0 spiro atoms. The van der Waals surface area contributed by atoms with Crippen LogP contribution in [0.15, 0.2) is 30.9 Å². The number of hydrogen-bond acceptors (Lipinski definition) is 4. The third-order valence-electron chi connectivity index (χ3n) is 1.72. The van der Waals surface area contributed by atoms with Crippen molar-refractivity contribution < 1.29 is 9.90 Å². The number of rotatable bonds is 2. The van der Waals surface area contributed by atoms with Crippen LogP contribution in [-0.2, 0) is 0 Å². The summed E-state index contributed by atoms with van der Waals surface area (Å²) in [6.45, 7) is 0. The molecule has 3 N–H and O–H groups in total. The zero-order valence-corrected chi connectivity index (χ0v) is 7.64. The van der Waals surface area contributed by atoms with Gasteiger partial charge in [-0.1, -0.05) is 0 Å². The van der Waals surface area contributed by atoms with E-state index in [0.717, 1.165) is 0 Å². The van der Waals surface area contributed by atoms with Gasteiger partial charge >= 0.3 is 0 Å². The fourth-order valence-electron chi connectivity index (χ4n) is 1.07. The molecule has 0 radical (unpaired) electrons. The number of hydrogen-bond donors (Lipinski definition) is 3. The van der Waals surface area contributed by atoms with E-state index in [-0.39, 0.29) is 17.2 Å². The number of pyridine rings is 1. The Kier molecular flexibility index (Phi) is 2.32. The predicted molar refractivity (Wildman–Crippen MR) is 52.4 cm³/mol. The second kappa shape index (κ2) is 3.79. The van der Waals surface area contributed by atoms with Crippen LogP contribution in [0.4, 0.5) is 5.95 Å². The number of aromatic hydroxyl groups is 1. The lowest BCUT2D eigenvalue weighted by atomic mass is 10.2. The molecule has 6 nitrogen and oxygen atoms in total. The summed E-state index contributed by atoms with van der Waals surface area (Å²) in [7, 11) is 0. The molecule has 0 aromatic carbocycles. The summed E-state index contributed by atoms with van der Waals surface area (Å²) in [4.78, 5) is 21.8. The van der Waals surface area contributed by atoms with Crippen LogP contribution in [0.2, 0.25) is 0 Å². The van der Waals surface area contributed by atoms with E-state index in [0.29, 0.717) is 5.95 Å². The smallest absolute Gasteiger partial charge is 0.259 e. The first-order chi connectivity index (χ1) is 7.25. The second-order valence-electron chi connectivity index (χ2n) is 2.82. The van der Waals surface area contributed by atoms with Gasteiger partial charge in [-0.3, -0.25) is 15.1 Å². The first kappa shape index (κ1) is 9.20. The van der Waals surface area contributed by atoms with E-state index in [4.69, 9.17) is 5.11 Å². The van der Waals surface area contributed by atoms with Crippen LogP contribution in [0.25, 0.3) is 0 Å². The minimum atomic E-state index is -0.381. The number of aromatic amines is 1. The zero-order valence-electron chi connectivity index (χ0n) is 7.64. The quantitative estimate of drug-likeness (QED) is 0.673. The van der Waals surface area contributed by atoms with E-state index in [1.54, 1.807) is 6.20 Å². The third-order valence-corrected chi connectivity index (χ3v) is 1.72. The number of carbonyl (C=O) groups is 1. The molecule has 0 aliphatic carbocycles. The molecule has 6 heteroatoms. The highest BCUT2D eigenvalue weighted by atomic mass is 16.3. The van der Waals surface area contributed by atoms with Gasteiger partial charge in [0.2, 0.25) is 5.95 Å². The molecule has 2 aromatic rings. The number of nitrogens with zero attached hydrogens (tertiary/aromatic N) is 2. The van der Waals surface area contributed by atoms with Crippen molar-refractivity contribution in [1.82, 2.24) is 15.0 Å². The lowest BCUT2D eigenvalue weighted by molar-refractivity contribution is 0.102. The van der Waals surface area contributed by atoms with Crippen molar-refractivity contribution in [1.29, 1.82) is 0 Å². The maximum atomic E-state index is 11.5. The summed E-state index contributed by atoms with van der Waals surface area (Å²) in [5.74, 6) is -0.0845. The Morgan fingerprint density at radius 2 is 2.33 bits per heavy atom. The predicted octanol–water partition coefficient (Wildman–Crippen LogP) is 0.763. The number of nitrogens with one attached hydrogen (secondary N) is 2. The average Bonchev–Trinajstić information content (AvgIpc) is 2.70. The van der Waals surface area contributed by atoms with Gasteiger partial charge in [-0.15, -0.1) is 0 Å². The number of aromatic nitrogens is 3. The van der Waals surface area contributed by atoms with Crippen molar-refractivity contribution >= 4 is 11.9 Å². The van der Waals surface area contributed by atoms with E-state index < -0.39 is 0 Å². The van der Waals surface area contributed by atoms with Gasteiger partial charge in [0, 0.05) is 18.6 Å². The van der Waals surface area contributed by atoms with Crippen LogP contribution in [0.3, 0.4) is 0 Å². The van der Waals surface area contributed by atoms with Gasteiger partial charge in [0.1, 0.15) is 5.75 Å². The van der Waals surface area contributed by atoms with Crippen LogP contribution < -0.4 is 5.32 Å². The van der Waals surface area contributed by atoms with E-state index in [9.17, 15) is 4.79 Å². The summed E-state index contributed by atoms with van der Waals surface area (Å²) in [6.07, 6.45) is 5.73. The summed E-state index contributed by atoms with van der Waals surface area (Å²) in [6, 6.07) is 1.32. The molecule has 76 valence electrons. The molecule has 0 saturated heterocycles. The SMILES string of the molecule is O=C(Nc1ncc[nH]1)c1cncc(O)c1. The van der Waals surface area contributed by atoms with E-state index in [1.807, 2.05) is 0 Å². The van der Waals surface area contributed by atoms with Crippen molar-refractivity contribution in [2.24, 2.45) is 0 Å². The maximum absolute atomic E-state index is 11.5.